The zero-order valence-corrected chi connectivity index (χ0v) is 8.28. The maximum Gasteiger partial charge on any atom is 0.0528 e. The molecule has 0 spiro atoms. The Kier molecular flexibility index (Phi) is 3.35. The predicted molar refractivity (Wildman–Crippen MR) is 56.3 cm³/mol. The quantitative estimate of drug-likeness (QED) is 0.778. The number of ether oxygens (including phenoxy) is 1. The highest BCUT2D eigenvalue weighted by Crippen LogP contribution is 2.14. The Hall–Kier alpha value is -1.09. The van der Waals surface area contributed by atoms with Gasteiger partial charge >= 0.3 is 0 Å². The number of nitrogens with one attached hydrogen (secondary N) is 1. The first kappa shape index (κ1) is 9.46. The number of rotatable bonds is 2. The average Bonchev–Trinajstić information content (AvgIpc) is 2.48. The van der Waals surface area contributed by atoms with Crippen LogP contribution in [-0.4, -0.2) is 24.2 Å². The predicted octanol–water partition coefficient (Wildman–Crippen LogP) is 2.06. The Morgan fingerprint density at radius 3 is 3.21 bits per heavy atom. The first-order chi connectivity index (χ1) is 6.95. The highest BCUT2D eigenvalue weighted by Gasteiger charge is 2.11. The second-order valence-corrected chi connectivity index (χ2v) is 3.63. The van der Waals surface area contributed by atoms with Crippen molar-refractivity contribution < 1.29 is 4.74 Å². The highest BCUT2D eigenvalue weighted by molar-refractivity contribution is 5.40. The fourth-order valence-electron chi connectivity index (χ4n) is 1.73. The zero-order chi connectivity index (χ0) is 9.64. The van der Waals surface area contributed by atoms with Gasteiger partial charge in [-0.3, -0.25) is 4.98 Å². The van der Waals surface area contributed by atoms with Crippen molar-refractivity contribution in [3.8, 4) is 0 Å². The molecule has 1 aromatic rings. The molecule has 0 bridgehead atoms. The van der Waals surface area contributed by atoms with Gasteiger partial charge in [0.1, 0.15) is 0 Å². The lowest BCUT2D eigenvalue weighted by atomic mass is 10.1. The van der Waals surface area contributed by atoms with Crippen LogP contribution in [-0.2, 0) is 4.74 Å². The fraction of sp³-hybridized carbons (Fsp3) is 0.545. The maximum absolute atomic E-state index is 5.41. The molecule has 1 fully saturated rings. The van der Waals surface area contributed by atoms with Gasteiger partial charge in [0, 0.05) is 31.6 Å². The molecule has 2 heterocycles. The smallest absolute Gasteiger partial charge is 0.0528 e. The summed E-state index contributed by atoms with van der Waals surface area (Å²) in [6.07, 6.45) is 7.09. The van der Waals surface area contributed by atoms with Crippen molar-refractivity contribution in [1.82, 2.24) is 4.98 Å². The van der Waals surface area contributed by atoms with Crippen LogP contribution in [0.15, 0.2) is 24.5 Å². The summed E-state index contributed by atoms with van der Waals surface area (Å²) in [5.41, 5.74) is 1.11. The summed E-state index contributed by atoms with van der Waals surface area (Å²) < 4.78 is 5.41. The zero-order valence-electron chi connectivity index (χ0n) is 8.28. The van der Waals surface area contributed by atoms with E-state index >= 15 is 0 Å². The van der Waals surface area contributed by atoms with Crippen molar-refractivity contribution in [2.24, 2.45) is 0 Å². The second-order valence-electron chi connectivity index (χ2n) is 3.63. The minimum Gasteiger partial charge on any atom is -0.381 e. The van der Waals surface area contributed by atoms with Gasteiger partial charge in [-0.2, -0.15) is 0 Å². The maximum atomic E-state index is 5.41. The van der Waals surface area contributed by atoms with Crippen LogP contribution in [0.3, 0.4) is 0 Å². The summed E-state index contributed by atoms with van der Waals surface area (Å²) >= 11 is 0. The largest absolute Gasteiger partial charge is 0.381 e. The molecule has 1 aliphatic rings. The number of aromatic nitrogens is 1. The summed E-state index contributed by atoms with van der Waals surface area (Å²) in [7, 11) is 0. The monoisotopic (exact) mass is 192 g/mol. The highest BCUT2D eigenvalue weighted by atomic mass is 16.5. The Morgan fingerprint density at radius 2 is 2.36 bits per heavy atom. The van der Waals surface area contributed by atoms with Crippen LogP contribution in [0.5, 0.6) is 0 Å². The van der Waals surface area contributed by atoms with E-state index in [-0.39, 0.29) is 0 Å². The molecule has 1 saturated heterocycles. The molecule has 0 aromatic carbocycles. The molecule has 0 radical (unpaired) electrons. The van der Waals surface area contributed by atoms with Gasteiger partial charge < -0.3 is 10.1 Å². The SMILES string of the molecule is c1cncc(NC2CCCOCC2)c1. The fourth-order valence-corrected chi connectivity index (χ4v) is 1.73. The van der Waals surface area contributed by atoms with Crippen molar-refractivity contribution in [1.29, 1.82) is 0 Å². The van der Waals surface area contributed by atoms with E-state index in [4.69, 9.17) is 4.74 Å². The van der Waals surface area contributed by atoms with Gasteiger partial charge in [-0.05, 0) is 31.4 Å². The Balaban J connectivity index is 1.90. The van der Waals surface area contributed by atoms with Crippen LogP contribution in [0.25, 0.3) is 0 Å². The first-order valence-electron chi connectivity index (χ1n) is 5.19. The molecule has 1 unspecified atom stereocenters. The molecule has 1 aliphatic heterocycles. The number of hydrogen-bond donors (Lipinski definition) is 1. The normalized spacial score (nSPS) is 22.7. The van der Waals surface area contributed by atoms with Crippen molar-refractivity contribution >= 4 is 5.69 Å². The van der Waals surface area contributed by atoms with Crippen molar-refractivity contribution in [3.05, 3.63) is 24.5 Å². The van der Waals surface area contributed by atoms with Crippen LogP contribution in [0.1, 0.15) is 19.3 Å². The molecular formula is C11H16N2O. The van der Waals surface area contributed by atoms with E-state index in [1.807, 2.05) is 12.3 Å². The molecule has 1 atom stereocenters. The van der Waals surface area contributed by atoms with Gasteiger partial charge in [0.25, 0.3) is 0 Å². The van der Waals surface area contributed by atoms with E-state index in [0.717, 1.165) is 31.7 Å². The van der Waals surface area contributed by atoms with Crippen molar-refractivity contribution in [3.63, 3.8) is 0 Å². The molecule has 0 amide bonds. The van der Waals surface area contributed by atoms with E-state index in [0.29, 0.717) is 6.04 Å². The van der Waals surface area contributed by atoms with Gasteiger partial charge in [0.15, 0.2) is 0 Å². The van der Waals surface area contributed by atoms with Gasteiger partial charge in [-0.25, -0.2) is 0 Å². The lowest BCUT2D eigenvalue weighted by Crippen LogP contribution is -2.19. The van der Waals surface area contributed by atoms with E-state index in [9.17, 15) is 0 Å². The van der Waals surface area contributed by atoms with E-state index in [2.05, 4.69) is 16.4 Å². The minimum absolute atomic E-state index is 0.543. The van der Waals surface area contributed by atoms with Gasteiger partial charge in [-0.15, -0.1) is 0 Å². The molecule has 1 N–H and O–H groups in total. The molecular weight excluding hydrogens is 176 g/mol. The minimum atomic E-state index is 0.543. The van der Waals surface area contributed by atoms with Crippen LogP contribution in [0, 0.1) is 0 Å². The topological polar surface area (TPSA) is 34.2 Å². The van der Waals surface area contributed by atoms with E-state index in [1.165, 1.54) is 6.42 Å². The molecule has 3 nitrogen and oxygen atoms in total. The van der Waals surface area contributed by atoms with Gasteiger partial charge in [0.05, 0.1) is 5.69 Å². The summed E-state index contributed by atoms with van der Waals surface area (Å²) in [6.45, 7) is 1.78. The lowest BCUT2D eigenvalue weighted by molar-refractivity contribution is 0.144. The van der Waals surface area contributed by atoms with E-state index < -0.39 is 0 Å². The number of anilines is 1. The second kappa shape index (κ2) is 4.96. The summed E-state index contributed by atoms with van der Waals surface area (Å²) in [5.74, 6) is 0. The third-order valence-corrected chi connectivity index (χ3v) is 2.48. The molecule has 0 aliphatic carbocycles. The standard InChI is InChI=1S/C11H16N2O/c1-3-11(9-12-6-1)13-10-4-2-7-14-8-5-10/h1,3,6,9-10,13H,2,4-5,7-8H2. The third kappa shape index (κ3) is 2.70. The first-order valence-corrected chi connectivity index (χ1v) is 5.19. The molecule has 3 heteroatoms. The summed E-state index contributed by atoms with van der Waals surface area (Å²) in [6, 6.07) is 4.55. The number of hydrogen-bond acceptors (Lipinski definition) is 3. The van der Waals surface area contributed by atoms with Crippen molar-refractivity contribution in [2.45, 2.75) is 25.3 Å². The Labute approximate surface area is 84.5 Å². The van der Waals surface area contributed by atoms with E-state index in [1.54, 1.807) is 6.20 Å². The summed E-state index contributed by atoms with van der Waals surface area (Å²) in [5, 5.41) is 3.48. The summed E-state index contributed by atoms with van der Waals surface area (Å²) in [4.78, 5) is 4.08. The molecule has 0 saturated carbocycles. The van der Waals surface area contributed by atoms with Gasteiger partial charge in [-0.1, -0.05) is 0 Å². The van der Waals surface area contributed by atoms with Crippen LogP contribution in [0.4, 0.5) is 5.69 Å². The van der Waals surface area contributed by atoms with Crippen LogP contribution in [0.2, 0.25) is 0 Å². The van der Waals surface area contributed by atoms with Crippen molar-refractivity contribution in [2.75, 3.05) is 18.5 Å². The Bertz CT molecular complexity index is 255. The lowest BCUT2D eigenvalue weighted by Gasteiger charge is -2.16. The number of pyridine rings is 1. The Morgan fingerprint density at radius 1 is 1.36 bits per heavy atom. The van der Waals surface area contributed by atoms with Crippen LogP contribution >= 0.6 is 0 Å². The van der Waals surface area contributed by atoms with Crippen LogP contribution < -0.4 is 5.32 Å². The number of nitrogens with zero attached hydrogens (tertiary/aromatic N) is 1. The molecule has 14 heavy (non-hydrogen) atoms. The molecule has 1 aromatic heterocycles. The average molecular weight is 192 g/mol. The molecule has 2 rings (SSSR count). The molecule has 76 valence electrons. The third-order valence-electron chi connectivity index (χ3n) is 2.48. The van der Waals surface area contributed by atoms with Gasteiger partial charge in [0.2, 0.25) is 0 Å².